The predicted octanol–water partition coefficient (Wildman–Crippen LogP) is 3.49. The molecule has 0 unspecified atom stereocenters. The molecule has 0 atom stereocenters. The topological polar surface area (TPSA) is 54.0 Å². The van der Waals surface area contributed by atoms with Gasteiger partial charge in [-0.2, -0.15) is 0 Å². The molecule has 1 heterocycles. The average Bonchev–Trinajstić information content (AvgIpc) is 2.46. The number of hydrogen-bond donors (Lipinski definition) is 2. The summed E-state index contributed by atoms with van der Waals surface area (Å²) >= 11 is 5.82. The highest BCUT2D eigenvalue weighted by atomic mass is 35.5. The molecule has 4 nitrogen and oxygen atoms in total. The van der Waals surface area contributed by atoms with Crippen molar-refractivity contribution in [3.8, 4) is 0 Å². The number of halogens is 1. The van der Waals surface area contributed by atoms with Crippen LogP contribution in [0.5, 0.6) is 0 Å². The van der Waals surface area contributed by atoms with Gasteiger partial charge in [0.2, 0.25) is 0 Å². The van der Waals surface area contributed by atoms with E-state index in [4.69, 9.17) is 11.6 Å². The number of benzene rings is 1. The van der Waals surface area contributed by atoms with E-state index in [2.05, 4.69) is 15.6 Å². The number of amides is 1. The van der Waals surface area contributed by atoms with Gasteiger partial charge in [-0.05, 0) is 43.7 Å². The molecule has 0 saturated heterocycles. The van der Waals surface area contributed by atoms with E-state index in [1.807, 2.05) is 32.0 Å². The highest BCUT2D eigenvalue weighted by Crippen LogP contribution is 2.11. The summed E-state index contributed by atoms with van der Waals surface area (Å²) in [5, 5.41) is 6.77. The van der Waals surface area contributed by atoms with E-state index >= 15 is 0 Å². The van der Waals surface area contributed by atoms with Crippen LogP contribution in [0, 0.1) is 0 Å². The van der Waals surface area contributed by atoms with Crippen LogP contribution in [0.25, 0.3) is 0 Å². The smallest absolute Gasteiger partial charge is 0.270 e. The zero-order valence-electron chi connectivity index (χ0n) is 12.1. The summed E-state index contributed by atoms with van der Waals surface area (Å²) in [6, 6.07) is 11.3. The molecule has 0 saturated carbocycles. The number of nitrogens with zero attached hydrogens (tertiary/aromatic N) is 1. The minimum Gasteiger partial charge on any atom is -0.383 e. The van der Waals surface area contributed by atoms with E-state index in [1.165, 1.54) is 0 Å². The maximum absolute atomic E-state index is 12.1. The van der Waals surface area contributed by atoms with Gasteiger partial charge in [0.1, 0.15) is 5.69 Å². The molecule has 1 aromatic carbocycles. The van der Waals surface area contributed by atoms with Crippen molar-refractivity contribution in [2.45, 2.75) is 26.4 Å². The van der Waals surface area contributed by atoms with Crippen LogP contribution < -0.4 is 10.6 Å². The third-order valence-corrected chi connectivity index (χ3v) is 3.07. The number of anilines is 1. The van der Waals surface area contributed by atoms with Crippen LogP contribution in [0.3, 0.4) is 0 Å². The first-order valence-electron chi connectivity index (χ1n) is 6.80. The maximum Gasteiger partial charge on any atom is 0.270 e. The second kappa shape index (κ2) is 7.09. The SMILES string of the molecule is CC(C)Nc1ccnc(C(=O)NCc2ccc(Cl)cc2)c1. The second-order valence-corrected chi connectivity index (χ2v) is 5.47. The van der Waals surface area contributed by atoms with E-state index in [-0.39, 0.29) is 5.91 Å². The molecule has 0 bridgehead atoms. The molecule has 2 aromatic rings. The molecular weight excluding hydrogens is 286 g/mol. The number of rotatable bonds is 5. The van der Waals surface area contributed by atoms with Crippen LogP contribution in [0.2, 0.25) is 5.02 Å². The predicted molar refractivity (Wildman–Crippen MR) is 85.6 cm³/mol. The van der Waals surface area contributed by atoms with Crippen molar-refractivity contribution in [1.82, 2.24) is 10.3 Å². The maximum atomic E-state index is 12.1. The molecule has 0 aliphatic carbocycles. The Kier molecular flexibility index (Phi) is 5.17. The molecule has 110 valence electrons. The van der Waals surface area contributed by atoms with Gasteiger partial charge in [-0.25, -0.2) is 0 Å². The molecule has 21 heavy (non-hydrogen) atoms. The van der Waals surface area contributed by atoms with Crippen LogP contribution in [-0.4, -0.2) is 16.9 Å². The van der Waals surface area contributed by atoms with Crippen molar-refractivity contribution in [1.29, 1.82) is 0 Å². The first kappa shape index (κ1) is 15.3. The Morgan fingerprint density at radius 2 is 1.95 bits per heavy atom. The number of carbonyl (C=O) groups excluding carboxylic acids is 1. The third kappa shape index (κ3) is 4.76. The zero-order valence-corrected chi connectivity index (χ0v) is 12.8. The summed E-state index contributed by atoms with van der Waals surface area (Å²) in [7, 11) is 0. The molecule has 2 N–H and O–H groups in total. The van der Waals surface area contributed by atoms with Gasteiger partial charge in [0.15, 0.2) is 0 Å². The summed E-state index contributed by atoms with van der Waals surface area (Å²) < 4.78 is 0. The van der Waals surface area contributed by atoms with E-state index < -0.39 is 0 Å². The highest BCUT2D eigenvalue weighted by Gasteiger charge is 2.08. The first-order valence-corrected chi connectivity index (χ1v) is 7.17. The van der Waals surface area contributed by atoms with Crippen LogP contribution in [-0.2, 0) is 6.54 Å². The lowest BCUT2D eigenvalue weighted by Gasteiger charge is -2.11. The molecule has 1 aromatic heterocycles. The van der Waals surface area contributed by atoms with Crippen molar-refractivity contribution >= 4 is 23.2 Å². The van der Waals surface area contributed by atoms with Gasteiger partial charge in [-0.3, -0.25) is 9.78 Å². The van der Waals surface area contributed by atoms with Crippen molar-refractivity contribution in [2.24, 2.45) is 0 Å². The van der Waals surface area contributed by atoms with E-state index in [0.717, 1.165) is 11.3 Å². The van der Waals surface area contributed by atoms with Gasteiger partial charge in [0.05, 0.1) is 0 Å². The summed E-state index contributed by atoms with van der Waals surface area (Å²) in [5.41, 5.74) is 2.27. The third-order valence-electron chi connectivity index (χ3n) is 2.81. The number of hydrogen-bond acceptors (Lipinski definition) is 3. The van der Waals surface area contributed by atoms with Crippen molar-refractivity contribution in [3.63, 3.8) is 0 Å². The summed E-state index contributed by atoms with van der Waals surface area (Å²) in [4.78, 5) is 16.2. The Morgan fingerprint density at radius 1 is 1.24 bits per heavy atom. The fourth-order valence-electron chi connectivity index (χ4n) is 1.85. The lowest BCUT2D eigenvalue weighted by Crippen LogP contribution is -2.24. The Morgan fingerprint density at radius 3 is 2.62 bits per heavy atom. The first-order chi connectivity index (χ1) is 10.0. The molecule has 0 spiro atoms. The summed E-state index contributed by atoms with van der Waals surface area (Å²) in [5.74, 6) is -0.197. The zero-order chi connectivity index (χ0) is 15.2. The quantitative estimate of drug-likeness (QED) is 0.889. The van der Waals surface area contributed by atoms with Gasteiger partial charge in [-0.1, -0.05) is 23.7 Å². The van der Waals surface area contributed by atoms with Crippen molar-refractivity contribution < 1.29 is 4.79 Å². The number of pyridine rings is 1. The summed E-state index contributed by atoms with van der Waals surface area (Å²) in [6.45, 7) is 4.53. The minimum absolute atomic E-state index is 0.197. The molecule has 0 aliphatic heterocycles. The normalized spacial score (nSPS) is 10.5. The average molecular weight is 304 g/mol. The fraction of sp³-hybridized carbons (Fsp3) is 0.250. The van der Waals surface area contributed by atoms with Crippen molar-refractivity contribution in [2.75, 3.05) is 5.32 Å². The van der Waals surface area contributed by atoms with Crippen LogP contribution in [0.4, 0.5) is 5.69 Å². The number of nitrogens with one attached hydrogen (secondary N) is 2. The van der Waals surface area contributed by atoms with Gasteiger partial charge < -0.3 is 10.6 Å². The monoisotopic (exact) mass is 303 g/mol. The van der Waals surface area contributed by atoms with Crippen LogP contribution in [0.15, 0.2) is 42.6 Å². The second-order valence-electron chi connectivity index (χ2n) is 5.04. The van der Waals surface area contributed by atoms with Gasteiger partial charge in [0.25, 0.3) is 5.91 Å². The van der Waals surface area contributed by atoms with Crippen molar-refractivity contribution in [3.05, 3.63) is 58.9 Å². The van der Waals surface area contributed by atoms with Crippen LogP contribution in [0.1, 0.15) is 29.9 Å². The fourth-order valence-corrected chi connectivity index (χ4v) is 1.98. The lowest BCUT2D eigenvalue weighted by atomic mass is 10.2. The largest absolute Gasteiger partial charge is 0.383 e. The van der Waals surface area contributed by atoms with E-state index in [1.54, 1.807) is 24.4 Å². The number of carbonyl (C=O) groups is 1. The Labute approximate surface area is 129 Å². The molecule has 5 heteroatoms. The van der Waals surface area contributed by atoms with Crippen LogP contribution >= 0.6 is 11.6 Å². The Balaban J connectivity index is 1.98. The van der Waals surface area contributed by atoms with Gasteiger partial charge in [-0.15, -0.1) is 0 Å². The summed E-state index contributed by atoms with van der Waals surface area (Å²) in [6.07, 6.45) is 1.63. The standard InChI is InChI=1S/C16H18ClN3O/c1-11(2)20-14-7-8-18-15(9-14)16(21)19-10-12-3-5-13(17)6-4-12/h3-9,11H,10H2,1-2H3,(H,18,20)(H,19,21). The minimum atomic E-state index is -0.197. The highest BCUT2D eigenvalue weighted by molar-refractivity contribution is 6.30. The van der Waals surface area contributed by atoms with Gasteiger partial charge in [0, 0.05) is 29.5 Å². The number of aromatic nitrogens is 1. The van der Waals surface area contributed by atoms with Gasteiger partial charge >= 0.3 is 0 Å². The van der Waals surface area contributed by atoms with E-state index in [0.29, 0.717) is 23.3 Å². The molecule has 1 amide bonds. The molecule has 0 radical (unpaired) electrons. The molecular formula is C16H18ClN3O. The molecule has 2 rings (SSSR count). The molecule has 0 aliphatic rings. The Hall–Kier alpha value is -2.07. The molecule has 0 fully saturated rings. The van der Waals surface area contributed by atoms with E-state index in [9.17, 15) is 4.79 Å². The lowest BCUT2D eigenvalue weighted by molar-refractivity contribution is 0.0946. The Bertz CT molecular complexity index is 611.